The number of hydrogen-bond donors (Lipinski definition) is 1. The van der Waals surface area contributed by atoms with Gasteiger partial charge < -0.3 is 10.2 Å². The zero-order chi connectivity index (χ0) is 15.2. The molecule has 0 saturated carbocycles. The molecular formula is C15H17FN4O. The Morgan fingerprint density at radius 1 is 1.24 bits per heavy atom. The zero-order valence-corrected chi connectivity index (χ0v) is 12.0. The van der Waals surface area contributed by atoms with E-state index < -0.39 is 11.7 Å². The normalized spacial score (nSPS) is 10.2. The van der Waals surface area contributed by atoms with Crippen molar-refractivity contribution in [2.45, 2.75) is 13.8 Å². The van der Waals surface area contributed by atoms with E-state index in [-0.39, 0.29) is 5.56 Å². The first-order valence-corrected chi connectivity index (χ1v) is 6.77. The van der Waals surface area contributed by atoms with Crippen LogP contribution in [0.25, 0.3) is 0 Å². The smallest absolute Gasteiger partial charge is 0.258 e. The van der Waals surface area contributed by atoms with E-state index in [1.807, 2.05) is 19.9 Å². The molecule has 0 atom stereocenters. The van der Waals surface area contributed by atoms with E-state index in [1.165, 1.54) is 12.3 Å². The van der Waals surface area contributed by atoms with Gasteiger partial charge in [-0.1, -0.05) is 0 Å². The Balaban J connectivity index is 2.10. The lowest BCUT2D eigenvalue weighted by Crippen LogP contribution is -2.23. The van der Waals surface area contributed by atoms with E-state index in [1.54, 1.807) is 12.3 Å². The second-order valence-corrected chi connectivity index (χ2v) is 4.39. The van der Waals surface area contributed by atoms with Gasteiger partial charge in [0.25, 0.3) is 5.91 Å². The number of pyridine rings is 2. The zero-order valence-electron chi connectivity index (χ0n) is 12.0. The summed E-state index contributed by atoms with van der Waals surface area (Å²) in [6.45, 7) is 5.81. The Labute approximate surface area is 122 Å². The highest BCUT2D eigenvalue weighted by atomic mass is 19.1. The van der Waals surface area contributed by atoms with Crippen molar-refractivity contribution >= 4 is 17.4 Å². The maximum absolute atomic E-state index is 13.5. The Hall–Kier alpha value is -2.50. The first kappa shape index (κ1) is 14.9. The van der Waals surface area contributed by atoms with Gasteiger partial charge in [-0.3, -0.25) is 9.78 Å². The quantitative estimate of drug-likeness (QED) is 0.919. The molecule has 0 saturated heterocycles. The Bertz CT molecular complexity index is 611. The summed E-state index contributed by atoms with van der Waals surface area (Å²) in [5.41, 5.74) is 0.477. The fraction of sp³-hybridized carbons (Fsp3) is 0.267. The van der Waals surface area contributed by atoms with Gasteiger partial charge in [-0.25, -0.2) is 9.37 Å². The summed E-state index contributed by atoms with van der Waals surface area (Å²) in [5.74, 6) is -0.330. The van der Waals surface area contributed by atoms with Crippen LogP contribution in [0.2, 0.25) is 0 Å². The summed E-state index contributed by atoms with van der Waals surface area (Å²) < 4.78 is 13.5. The lowest BCUT2D eigenvalue weighted by Gasteiger charge is -2.19. The molecule has 0 fully saturated rings. The summed E-state index contributed by atoms with van der Waals surface area (Å²) in [4.78, 5) is 21.9. The van der Waals surface area contributed by atoms with Crippen LogP contribution < -0.4 is 10.2 Å². The molecular weight excluding hydrogens is 271 g/mol. The minimum absolute atomic E-state index is 0.0437. The molecule has 2 rings (SSSR count). The summed E-state index contributed by atoms with van der Waals surface area (Å²) in [6.07, 6.45) is 3.95. The second-order valence-electron chi connectivity index (χ2n) is 4.39. The maximum Gasteiger partial charge on any atom is 0.258 e. The van der Waals surface area contributed by atoms with Crippen molar-refractivity contribution in [1.82, 2.24) is 9.97 Å². The highest BCUT2D eigenvalue weighted by Gasteiger charge is 2.12. The summed E-state index contributed by atoms with van der Waals surface area (Å²) in [5, 5.41) is 2.61. The number of rotatable bonds is 5. The monoisotopic (exact) mass is 288 g/mol. The number of carbonyl (C=O) groups is 1. The number of nitrogens with zero attached hydrogens (tertiary/aromatic N) is 3. The highest BCUT2D eigenvalue weighted by Crippen LogP contribution is 2.15. The lowest BCUT2D eigenvalue weighted by atomic mass is 10.2. The van der Waals surface area contributed by atoms with Crippen molar-refractivity contribution < 1.29 is 9.18 Å². The molecule has 21 heavy (non-hydrogen) atoms. The van der Waals surface area contributed by atoms with Crippen LogP contribution in [0.4, 0.5) is 15.9 Å². The van der Waals surface area contributed by atoms with Crippen LogP contribution in [0.3, 0.4) is 0 Å². The molecule has 6 heteroatoms. The standard InChI is InChI=1S/C15H17FN4O/c1-3-20(4-2)14-6-5-11(9-18-14)19-15(21)12-7-8-17-10-13(12)16/h5-10H,3-4H2,1-2H3,(H,19,21). The molecule has 0 radical (unpaired) electrons. The predicted molar refractivity (Wildman–Crippen MR) is 79.9 cm³/mol. The molecule has 0 aromatic carbocycles. The van der Waals surface area contributed by atoms with Gasteiger partial charge in [0.2, 0.25) is 0 Å². The number of carbonyl (C=O) groups excluding carboxylic acids is 1. The molecule has 0 aliphatic heterocycles. The second kappa shape index (κ2) is 6.78. The molecule has 0 bridgehead atoms. The van der Waals surface area contributed by atoms with Crippen molar-refractivity contribution in [2.24, 2.45) is 0 Å². The maximum atomic E-state index is 13.5. The number of hydrogen-bond acceptors (Lipinski definition) is 4. The Morgan fingerprint density at radius 2 is 2.00 bits per heavy atom. The van der Waals surface area contributed by atoms with E-state index in [4.69, 9.17) is 0 Å². The van der Waals surface area contributed by atoms with Gasteiger partial charge in [-0.15, -0.1) is 0 Å². The molecule has 0 aliphatic rings. The van der Waals surface area contributed by atoms with E-state index in [9.17, 15) is 9.18 Å². The number of nitrogens with one attached hydrogen (secondary N) is 1. The minimum atomic E-state index is -0.650. The molecule has 0 aliphatic carbocycles. The molecule has 5 nitrogen and oxygen atoms in total. The van der Waals surface area contributed by atoms with Crippen LogP contribution in [-0.2, 0) is 0 Å². The van der Waals surface area contributed by atoms with Crippen LogP contribution in [-0.4, -0.2) is 29.0 Å². The first-order chi connectivity index (χ1) is 10.2. The van der Waals surface area contributed by atoms with Gasteiger partial charge in [0.1, 0.15) is 5.82 Å². The van der Waals surface area contributed by atoms with Gasteiger partial charge in [-0.05, 0) is 32.0 Å². The number of anilines is 2. The molecule has 2 aromatic rings. The molecule has 0 spiro atoms. The van der Waals surface area contributed by atoms with Gasteiger partial charge in [0.05, 0.1) is 23.6 Å². The van der Waals surface area contributed by atoms with E-state index >= 15 is 0 Å². The Morgan fingerprint density at radius 3 is 2.57 bits per heavy atom. The van der Waals surface area contributed by atoms with Gasteiger partial charge >= 0.3 is 0 Å². The summed E-state index contributed by atoms with van der Waals surface area (Å²) in [7, 11) is 0. The van der Waals surface area contributed by atoms with Crippen molar-refractivity contribution in [1.29, 1.82) is 0 Å². The molecule has 1 N–H and O–H groups in total. The third kappa shape index (κ3) is 3.53. The number of aromatic nitrogens is 2. The van der Waals surface area contributed by atoms with Crippen molar-refractivity contribution in [3.63, 3.8) is 0 Å². The van der Waals surface area contributed by atoms with E-state index in [0.717, 1.165) is 25.1 Å². The topological polar surface area (TPSA) is 58.1 Å². The first-order valence-electron chi connectivity index (χ1n) is 6.77. The highest BCUT2D eigenvalue weighted by molar-refractivity contribution is 6.04. The van der Waals surface area contributed by atoms with Crippen LogP contribution >= 0.6 is 0 Å². The minimum Gasteiger partial charge on any atom is -0.357 e. The molecule has 0 unspecified atom stereocenters. The molecule has 2 aromatic heterocycles. The SMILES string of the molecule is CCN(CC)c1ccc(NC(=O)c2ccncc2F)cn1. The molecule has 2 heterocycles. The van der Waals surface area contributed by atoms with Crippen molar-refractivity contribution in [2.75, 3.05) is 23.3 Å². The average Bonchev–Trinajstić information content (AvgIpc) is 2.50. The van der Waals surface area contributed by atoms with Gasteiger partial charge in [0, 0.05) is 19.3 Å². The number of halogens is 1. The van der Waals surface area contributed by atoms with Crippen LogP contribution in [0.1, 0.15) is 24.2 Å². The van der Waals surface area contributed by atoms with Crippen LogP contribution in [0.5, 0.6) is 0 Å². The van der Waals surface area contributed by atoms with Gasteiger partial charge in [0.15, 0.2) is 5.82 Å². The average molecular weight is 288 g/mol. The third-order valence-corrected chi connectivity index (χ3v) is 3.11. The van der Waals surface area contributed by atoms with Crippen molar-refractivity contribution in [3.05, 3.63) is 48.2 Å². The van der Waals surface area contributed by atoms with E-state index in [0.29, 0.717) is 5.69 Å². The lowest BCUT2D eigenvalue weighted by molar-refractivity contribution is 0.102. The number of amides is 1. The third-order valence-electron chi connectivity index (χ3n) is 3.11. The fourth-order valence-corrected chi connectivity index (χ4v) is 1.95. The fourth-order valence-electron chi connectivity index (χ4n) is 1.95. The summed E-state index contributed by atoms with van der Waals surface area (Å²) >= 11 is 0. The van der Waals surface area contributed by atoms with E-state index in [2.05, 4.69) is 20.2 Å². The summed E-state index contributed by atoms with van der Waals surface area (Å²) in [6, 6.07) is 4.91. The molecule has 1 amide bonds. The molecule has 110 valence electrons. The van der Waals surface area contributed by atoms with Crippen LogP contribution in [0.15, 0.2) is 36.8 Å². The predicted octanol–water partition coefficient (Wildman–Crippen LogP) is 2.71. The van der Waals surface area contributed by atoms with Crippen LogP contribution in [0, 0.1) is 5.82 Å². The van der Waals surface area contributed by atoms with Gasteiger partial charge in [-0.2, -0.15) is 0 Å². The largest absolute Gasteiger partial charge is 0.357 e. The Kier molecular flexibility index (Phi) is 4.81. The van der Waals surface area contributed by atoms with Crippen molar-refractivity contribution in [3.8, 4) is 0 Å².